The smallest absolute Gasteiger partial charge is 0.323 e. The number of nitrogens with zero attached hydrogens (tertiary/aromatic N) is 4. The summed E-state index contributed by atoms with van der Waals surface area (Å²) in [5.41, 5.74) is 2.68. The average molecular weight is 642 g/mol. The molecule has 0 spiro atoms. The van der Waals surface area contributed by atoms with E-state index in [4.69, 9.17) is 14.9 Å². The number of hydrogen-bond donors (Lipinski definition) is 5. The number of phenols is 1. The number of aromatic nitrogens is 2. The SMILES string of the molecule is CC(C)(C)c1cc(NC(=O)NCc2ccccc2Oc2ccc3c(c2)N2C=CN(C(=O)NCCO)C2S3)n(-c2ccc(O)cc2)n1. The largest absolute Gasteiger partial charge is 0.508 e. The number of aliphatic hydroxyl groups is 1. The fraction of sp³-hybridized carbons (Fsp3) is 0.242. The van der Waals surface area contributed by atoms with Crippen molar-refractivity contribution in [2.24, 2.45) is 0 Å². The number of carbonyl (C=O) groups excluding carboxylic acids is 2. The standard InChI is InChI=1S/C33H35N7O5S/c1-33(2,3)28-19-29(40(37-28)22-8-10-23(42)11-9-22)36-30(43)35-20-21-6-4-5-7-26(21)45-24-12-13-27-25(18-24)38-15-16-39(32(38)46-27)31(44)34-14-17-41/h4-13,15-16,18-19,32,41-42H,14,17,20H2,1-3H3,(H,34,44)(H2,35,36,43). The topological polar surface area (TPSA) is 144 Å². The maximum atomic E-state index is 13.1. The van der Waals surface area contributed by atoms with E-state index in [0.717, 1.165) is 21.8 Å². The quantitative estimate of drug-likeness (QED) is 0.166. The van der Waals surface area contributed by atoms with Crippen LogP contribution in [0.4, 0.5) is 21.1 Å². The molecule has 2 aliphatic heterocycles. The number of amides is 4. The average Bonchev–Trinajstić information content (AvgIpc) is 3.74. The van der Waals surface area contributed by atoms with Crippen LogP contribution < -0.4 is 25.6 Å². The van der Waals surface area contributed by atoms with Crippen LogP contribution in [0.25, 0.3) is 5.69 Å². The van der Waals surface area contributed by atoms with Gasteiger partial charge in [-0.05, 0) is 42.5 Å². The van der Waals surface area contributed by atoms with E-state index in [2.05, 4.69) is 16.0 Å². The van der Waals surface area contributed by atoms with Crippen LogP contribution in [0.1, 0.15) is 32.0 Å². The van der Waals surface area contributed by atoms with E-state index in [1.807, 2.05) is 80.4 Å². The number of para-hydroxylation sites is 1. The third-order valence-corrected chi connectivity index (χ3v) is 8.64. The molecule has 238 valence electrons. The molecule has 12 nitrogen and oxygen atoms in total. The minimum absolute atomic E-state index is 0.127. The molecular formula is C33H35N7O5S. The number of anilines is 2. The molecule has 46 heavy (non-hydrogen) atoms. The highest BCUT2D eigenvalue weighted by Crippen LogP contribution is 2.49. The van der Waals surface area contributed by atoms with E-state index in [0.29, 0.717) is 23.0 Å². The lowest BCUT2D eigenvalue weighted by Gasteiger charge is -2.24. The molecule has 3 heterocycles. The Morgan fingerprint density at radius 2 is 1.78 bits per heavy atom. The molecule has 13 heteroatoms. The molecule has 4 amide bonds. The summed E-state index contributed by atoms with van der Waals surface area (Å²) in [5, 5.41) is 32.0. The number of aromatic hydroxyl groups is 1. The Kier molecular flexibility index (Phi) is 8.52. The Labute approximate surface area is 270 Å². The zero-order valence-corrected chi connectivity index (χ0v) is 26.4. The summed E-state index contributed by atoms with van der Waals surface area (Å²) in [7, 11) is 0. The monoisotopic (exact) mass is 641 g/mol. The van der Waals surface area contributed by atoms with Crippen LogP contribution in [-0.4, -0.2) is 55.6 Å². The second kappa shape index (κ2) is 12.7. The van der Waals surface area contributed by atoms with Crippen molar-refractivity contribution in [2.75, 3.05) is 23.4 Å². The van der Waals surface area contributed by atoms with Crippen molar-refractivity contribution in [3.05, 3.63) is 96.5 Å². The van der Waals surface area contributed by atoms with Gasteiger partial charge in [-0.15, -0.1) is 0 Å². The van der Waals surface area contributed by atoms with Crippen molar-refractivity contribution >= 4 is 35.3 Å². The number of nitrogens with one attached hydrogen (secondary N) is 3. The van der Waals surface area contributed by atoms with Crippen LogP contribution in [0.5, 0.6) is 17.2 Å². The van der Waals surface area contributed by atoms with Gasteiger partial charge in [0.1, 0.15) is 23.1 Å². The molecule has 5 N–H and O–H groups in total. The molecule has 0 fully saturated rings. The van der Waals surface area contributed by atoms with Crippen LogP contribution >= 0.6 is 11.8 Å². The summed E-state index contributed by atoms with van der Waals surface area (Å²) in [6, 6.07) is 21.0. The Hall–Kier alpha value is -5.14. The Bertz CT molecular complexity index is 1780. The first-order valence-corrected chi connectivity index (χ1v) is 15.6. The van der Waals surface area contributed by atoms with E-state index in [9.17, 15) is 14.7 Å². The molecule has 0 bridgehead atoms. The second-order valence-electron chi connectivity index (χ2n) is 11.8. The Morgan fingerprint density at radius 1 is 1.00 bits per heavy atom. The number of rotatable bonds is 8. The van der Waals surface area contributed by atoms with E-state index in [-0.39, 0.29) is 42.4 Å². The third kappa shape index (κ3) is 6.46. The van der Waals surface area contributed by atoms with Crippen molar-refractivity contribution in [2.45, 2.75) is 43.1 Å². The lowest BCUT2D eigenvalue weighted by Crippen LogP contribution is -2.43. The van der Waals surface area contributed by atoms with E-state index in [1.54, 1.807) is 51.8 Å². The van der Waals surface area contributed by atoms with Gasteiger partial charge in [0.05, 0.1) is 23.7 Å². The Balaban J connectivity index is 1.13. The van der Waals surface area contributed by atoms with E-state index >= 15 is 0 Å². The number of ether oxygens (including phenoxy) is 1. The maximum Gasteiger partial charge on any atom is 0.323 e. The van der Waals surface area contributed by atoms with Crippen LogP contribution in [-0.2, 0) is 12.0 Å². The number of carbonyl (C=O) groups is 2. The molecule has 1 unspecified atom stereocenters. The van der Waals surface area contributed by atoms with Gasteiger partial charge in [0.25, 0.3) is 0 Å². The first-order valence-electron chi connectivity index (χ1n) is 14.8. The summed E-state index contributed by atoms with van der Waals surface area (Å²) in [5.74, 6) is 1.84. The third-order valence-electron chi connectivity index (χ3n) is 7.38. The van der Waals surface area contributed by atoms with Crippen molar-refractivity contribution < 1.29 is 24.5 Å². The summed E-state index contributed by atoms with van der Waals surface area (Å²) < 4.78 is 7.94. The molecule has 4 aromatic rings. The highest BCUT2D eigenvalue weighted by molar-refractivity contribution is 8.00. The summed E-state index contributed by atoms with van der Waals surface area (Å²) >= 11 is 1.55. The van der Waals surface area contributed by atoms with Crippen LogP contribution in [0, 0.1) is 0 Å². The highest BCUT2D eigenvalue weighted by Gasteiger charge is 2.39. The lowest BCUT2D eigenvalue weighted by molar-refractivity contribution is 0.210. The fourth-order valence-corrected chi connectivity index (χ4v) is 6.21. The highest BCUT2D eigenvalue weighted by atomic mass is 32.2. The normalized spacial score (nSPS) is 15.0. The minimum Gasteiger partial charge on any atom is -0.508 e. The van der Waals surface area contributed by atoms with Gasteiger partial charge in [-0.25, -0.2) is 14.3 Å². The van der Waals surface area contributed by atoms with Crippen LogP contribution in [0.15, 0.2) is 90.1 Å². The van der Waals surface area contributed by atoms with E-state index < -0.39 is 6.03 Å². The number of fused-ring (bicyclic) bond motifs is 3. The zero-order valence-electron chi connectivity index (χ0n) is 25.6. The number of benzene rings is 3. The lowest BCUT2D eigenvalue weighted by atomic mass is 9.92. The molecule has 0 saturated carbocycles. The molecule has 3 aromatic carbocycles. The predicted molar refractivity (Wildman–Crippen MR) is 176 cm³/mol. The number of aliphatic hydroxyl groups excluding tert-OH is 1. The maximum absolute atomic E-state index is 13.1. The molecular weight excluding hydrogens is 606 g/mol. The van der Waals surface area contributed by atoms with Crippen molar-refractivity contribution in [1.82, 2.24) is 25.3 Å². The number of urea groups is 2. The molecule has 0 saturated heterocycles. The van der Waals surface area contributed by atoms with Gasteiger partial charge in [-0.1, -0.05) is 50.7 Å². The number of hydrogen-bond acceptors (Lipinski definition) is 8. The van der Waals surface area contributed by atoms with Gasteiger partial charge in [0, 0.05) is 53.5 Å². The van der Waals surface area contributed by atoms with Gasteiger partial charge in [-0.3, -0.25) is 10.2 Å². The minimum atomic E-state index is -0.413. The molecule has 1 aromatic heterocycles. The van der Waals surface area contributed by atoms with Crippen molar-refractivity contribution in [1.29, 1.82) is 0 Å². The molecule has 0 aliphatic carbocycles. The zero-order chi connectivity index (χ0) is 32.4. The van der Waals surface area contributed by atoms with E-state index in [1.165, 1.54) is 0 Å². The van der Waals surface area contributed by atoms with Crippen LogP contribution in [0.2, 0.25) is 0 Å². The van der Waals surface area contributed by atoms with Crippen molar-refractivity contribution in [3.8, 4) is 22.9 Å². The number of thioether (sulfide) groups is 1. The second-order valence-corrected chi connectivity index (χ2v) is 12.8. The summed E-state index contributed by atoms with van der Waals surface area (Å²) in [6.07, 6.45) is 3.56. The first-order chi connectivity index (χ1) is 22.1. The molecule has 0 radical (unpaired) electrons. The molecule has 2 aliphatic rings. The van der Waals surface area contributed by atoms with Gasteiger partial charge in [-0.2, -0.15) is 5.10 Å². The fourth-order valence-electron chi connectivity index (χ4n) is 4.98. The molecule has 1 atom stereocenters. The summed E-state index contributed by atoms with van der Waals surface area (Å²) in [4.78, 5) is 30.2. The van der Waals surface area contributed by atoms with Gasteiger partial charge >= 0.3 is 12.1 Å². The first kappa shape index (κ1) is 30.9. The molecule has 6 rings (SSSR count). The van der Waals surface area contributed by atoms with Gasteiger partial charge in [0.2, 0.25) is 0 Å². The van der Waals surface area contributed by atoms with Gasteiger partial charge < -0.3 is 30.5 Å². The summed E-state index contributed by atoms with van der Waals surface area (Å²) in [6.45, 7) is 6.40. The van der Waals surface area contributed by atoms with Gasteiger partial charge in [0.15, 0.2) is 5.50 Å². The van der Waals surface area contributed by atoms with Crippen LogP contribution in [0.3, 0.4) is 0 Å². The predicted octanol–water partition coefficient (Wildman–Crippen LogP) is 5.67. The van der Waals surface area contributed by atoms with Crippen molar-refractivity contribution in [3.63, 3.8) is 0 Å². The number of phenolic OH excluding ortho intramolecular Hbond substituents is 1. The Morgan fingerprint density at radius 3 is 2.54 bits per heavy atom.